The summed E-state index contributed by atoms with van der Waals surface area (Å²) in [7, 11) is 1.62. The van der Waals surface area contributed by atoms with E-state index in [1.54, 1.807) is 18.4 Å². The van der Waals surface area contributed by atoms with Crippen molar-refractivity contribution in [3.63, 3.8) is 0 Å². The molecular formula is C12H13N5O2S. The van der Waals surface area contributed by atoms with Crippen LogP contribution < -0.4 is 10.2 Å². The van der Waals surface area contributed by atoms with Gasteiger partial charge in [-0.3, -0.25) is 10.1 Å². The van der Waals surface area contributed by atoms with Gasteiger partial charge in [0.2, 0.25) is 11.6 Å². The van der Waals surface area contributed by atoms with Crippen LogP contribution in [0.2, 0.25) is 0 Å². The first-order chi connectivity index (χ1) is 9.70. The molecule has 0 saturated carbocycles. The first kappa shape index (κ1) is 12.8. The van der Waals surface area contributed by atoms with Gasteiger partial charge in [0.15, 0.2) is 0 Å². The molecule has 0 bridgehead atoms. The summed E-state index contributed by atoms with van der Waals surface area (Å²) in [5.41, 5.74) is 1.16. The molecule has 2 aromatic rings. The Morgan fingerprint density at radius 1 is 1.50 bits per heavy atom. The van der Waals surface area contributed by atoms with Crippen LogP contribution in [0.15, 0.2) is 17.8 Å². The van der Waals surface area contributed by atoms with E-state index in [4.69, 9.17) is 0 Å². The second-order valence-electron chi connectivity index (χ2n) is 4.44. The standard InChI is InChI=1S/C12H13N5O2S/c1-13-11-10(17(18)19)12(15-7-14-11)16-4-2-9-8(6-16)3-5-20-9/h3,5,7H,2,4,6H2,1H3,(H,13,14,15). The van der Waals surface area contributed by atoms with Gasteiger partial charge >= 0.3 is 5.69 Å². The van der Waals surface area contributed by atoms with Gasteiger partial charge in [0.1, 0.15) is 6.33 Å². The van der Waals surface area contributed by atoms with E-state index in [0.29, 0.717) is 12.4 Å². The van der Waals surface area contributed by atoms with Gasteiger partial charge in [-0.1, -0.05) is 0 Å². The largest absolute Gasteiger partial charge is 0.367 e. The van der Waals surface area contributed by atoms with Gasteiger partial charge in [-0.15, -0.1) is 11.3 Å². The third-order valence-corrected chi connectivity index (χ3v) is 4.35. The van der Waals surface area contributed by atoms with Gasteiger partial charge in [0.25, 0.3) is 0 Å². The quantitative estimate of drug-likeness (QED) is 0.688. The predicted octanol–water partition coefficient (Wildman–Crippen LogP) is 2.05. The smallest absolute Gasteiger partial charge is 0.353 e. The van der Waals surface area contributed by atoms with Crippen molar-refractivity contribution in [1.29, 1.82) is 0 Å². The molecule has 104 valence electrons. The number of nitrogens with one attached hydrogen (secondary N) is 1. The van der Waals surface area contributed by atoms with E-state index in [-0.39, 0.29) is 11.5 Å². The van der Waals surface area contributed by atoms with Crippen LogP contribution in [0, 0.1) is 10.1 Å². The molecule has 0 spiro atoms. The van der Waals surface area contributed by atoms with E-state index in [2.05, 4.69) is 26.7 Å². The molecule has 0 fully saturated rings. The summed E-state index contributed by atoms with van der Waals surface area (Å²) in [6.45, 7) is 1.38. The Bertz CT molecular complexity index is 657. The Balaban J connectivity index is 2.01. The summed E-state index contributed by atoms with van der Waals surface area (Å²) in [5.74, 6) is 0.627. The molecule has 0 aromatic carbocycles. The van der Waals surface area contributed by atoms with Gasteiger partial charge in [0.05, 0.1) is 4.92 Å². The Hall–Kier alpha value is -2.22. The van der Waals surface area contributed by atoms with E-state index >= 15 is 0 Å². The van der Waals surface area contributed by atoms with Crippen molar-refractivity contribution in [2.24, 2.45) is 0 Å². The summed E-state index contributed by atoms with van der Waals surface area (Å²) >= 11 is 1.74. The summed E-state index contributed by atoms with van der Waals surface area (Å²) in [4.78, 5) is 22.2. The zero-order valence-electron chi connectivity index (χ0n) is 10.9. The molecule has 2 aromatic heterocycles. The number of anilines is 2. The van der Waals surface area contributed by atoms with Crippen molar-refractivity contribution in [2.75, 3.05) is 23.8 Å². The number of hydrogen-bond donors (Lipinski definition) is 1. The minimum Gasteiger partial charge on any atom is -0.367 e. The zero-order chi connectivity index (χ0) is 14.1. The van der Waals surface area contributed by atoms with Crippen LogP contribution in [0.3, 0.4) is 0 Å². The lowest BCUT2D eigenvalue weighted by Gasteiger charge is -2.27. The second-order valence-corrected chi connectivity index (χ2v) is 5.44. The summed E-state index contributed by atoms with van der Waals surface area (Å²) in [6, 6.07) is 2.07. The third-order valence-electron chi connectivity index (χ3n) is 3.33. The lowest BCUT2D eigenvalue weighted by Crippen LogP contribution is -2.31. The minimum atomic E-state index is -0.426. The first-order valence-electron chi connectivity index (χ1n) is 6.18. The van der Waals surface area contributed by atoms with Gasteiger partial charge in [-0.05, 0) is 23.4 Å². The van der Waals surface area contributed by atoms with E-state index in [0.717, 1.165) is 13.0 Å². The maximum atomic E-state index is 11.3. The molecule has 0 radical (unpaired) electrons. The average Bonchev–Trinajstić information content (AvgIpc) is 2.93. The highest BCUT2D eigenvalue weighted by molar-refractivity contribution is 7.10. The Morgan fingerprint density at radius 2 is 2.35 bits per heavy atom. The maximum Gasteiger partial charge on any atom is 0.353 e. The molecule has 1 aliphatic heterocycles. The minimum absolute atomic E-state index is 0.0614. The lowest BCUT2D eigenvalue weighted by molar-refractivity contribution is -0.383. The fraction of sp³-hybridized carbons (Fsp3) is 0.333. The van der Waals surface area contributed by atoms with E-state index in [1.807, 2.05) is 4.90 Å². The maximum absolute atomic E-state index is 11.3. The van der Waals surface area contributed by atoms with Crippen LogP contribution in [0.1, 0.15) is 10.4 Å². The molecule has 20 heavy (non-hydrogen) atoms. The summed E-state index contributed by atoms with van der Waals surface area (Å²) in [6.07, 6.45) is 2.25. The molecule has 1 N–H and O–H groups in total. The van der Waals surface area contributed by atoms with Crippen molar-refractivity contribution < 1.29 is 4.92 Å². The number of aromatic nitrogens is 2. The van der Waals surface area contributed by atoms with Gasteiger partial charge in [-0.2, -0.15) is 0 Å². The molecule has 7 nitrogen and oxygen atoms in total. The van der Waals surface area contributed by atoms with Crippen LogP contribution >= 0.6 is 11.3 Å². The van der Waals surface area contributed by atoms with Crippen LogP contribution in [-0.4, -0.2) is 28.5 Å². The highest BCUT2D eigenvalue weighted by Crippen LogP contribution is 2.35. The molecule has 0 aliphatic carbocycles. The molecule has 0 unspecified atom stereocenters. The molecule has 8 heteroatoms. The fourth-order valence-corrected chi connectivity index (χ4v) is 3.27. The second kappa shape index (κ2) is 5.04. The number of thiophene rings is 1. The zero-order valence-corrected chi connectivity index (χ0v) is 11.7. The Labute approximate surface area is 119 Å². The first-order valence-corrected chi connectivity index (χ1v) is 7.06. The van der Waals surface area contributed by atoms with Crippen molar-refractivity contribution in [3.05, 3.63) is 38.3 Å². The Morgan fingerprint density at radius 3 is 3.10 bits per heavy atom. The number of fused-ring (bicyclic) bond motifs is 1. The van der Waals surface area contributed by atoms with Crippen molar-refractivity contribution in [3.8, 4) is 0 Å². The number of hydrogen-bond acceptors (Lipinski definition) is 7. The summed E-state index contributed by atoms with van der Waals surface area (Å²) < 4.78 is 0. The monoisotopic (exact) mass is 291 g/mol. The molecule has 0 saturated heterocycles. The number of nitrogens with zero attached hydrogens (tertiary/aromatic N) is 4. The van der Waals surface area contributed by atoms with Crippen molar-refractivity contribution in [2.45, 2.75) is 13.0 Å². The normalized spacial score (nSPS) is 13.9. The predicted molar refractivity (Wildman–Crippen MR) is 77.3 cm³/mol. The molecule has 0 amide bonds. The van der Waals surface area contributed by atoms with Crippen LogP contribution in [0.5, 0.6) is 0 Å². The van der Waals surface area contributed by atoms with Crippen LogP contribution in [0.25, 0.3) is 0 Å². The van der Waals surface area contributed by atoms with Gasteiger partial charge < -0.3 is 10.2 Å². The average molecular weight is 291 g/mol. The van der Waals surface area contributed by atoms with Crippen molar-refractivity contribution >= 4 is 28.7 Å². The summed E-state index contributed by atoms with van der Waals surface area (Å²) in [5, 5.41) is 16.1. The van der Waals surface area contributed by atoms with Crippen LogP contribution in [0.4, 0.5) is 17.3 Å². The van der Waals surface area contributed by atoms with E-state index in [1.165, 1.54) is 16.8 Å². The molecule has 0 atom stereocenters. The number of rotatable bonds is 3. The molecule has 1 aliphatic rings. The SMILES string of the molecule is CNc1ncnc(N2CCc3sccc3C2)c1[N+](=O)[O-]. The highest BCUT2D eigenvalue weighted by Gasteiger charge is 2.28. The van der Waals surface area contributed by atoms with Gasteiger partial charge in [0, 0.05) is 25.0 Å². The van der Waals surface area contributed by atoms with Gasteiger partial charge in [-0.25, -0.2) is 9.97 Å². The lowest BCUT2D eigenvalue weighted by atomic mass is 10.1. The molecule has 3 rings (SSSR count). The fourth-order valence-electron chi connectivity index (χ4n) is 2.38. The number of nitro groups is 1. The van der Waals surface area contributed by atoms with Crippen molar-refractivity contribution in [1.82, 2.24) is 9.97 Å². The molecular weight excluding hydrogens is 278 g/mol. The van der Waals surface area contributed by atoms with E-state index < -0.39 is 4.92 Å². The Kier molecular flexibility index (Phi) is 3.23. The van der Waals surface area contributed by atoms with Crippen LogP contribution in [-0.2, 0) is 13.0 Å². The topological polar surface area (TPSA) is 84.2 Å². The van der Waals surface area contributed by atoms with E-state index in [9.17, 15) is 10.1 Å². The third kappa shape index (κ3) is 2.07. The molecule has 3 heterocycles. The highest BCUT2D eigenvalue weighted by atomic mass is 32.1.